The van der Waals surface area contributed by atoms with E-state index in [-0.39, 0.29) is 23.0 Å². The summed E-state index contributed by atoms with van der Waals surface area (Å²) in [5.41, 5.74) is 1.38. The van der Waals surface area contributed by atoms with Crippen LogP contribution in [0.5, 0.6) is 0 Å². The van der Waals surface area contributed by atoms with Crippen molar-refractivity contribution >= 4 is 11.8 Å². The highest BCUT2D eigenvalue weighted by molar-refractivity contribution is 7.98. The van der Waals surface area contributed by atoms with E-state index in [4.69, 9.17) is 10.4 Å². The van der Waals surface area contributed by atoms with E-state index in [1.807, 2.05) is 31.2 Å². The molecule has 0 aliphatic carbocycles. The lowest BCUT2D eigenvalue weighted by atomic mass is 10.1. The molecule has 0 amide bonds. The maximum Gasteiger partial charge on any atom is 0.416 e. The van der Waals surface area contributed by atoms with Crippen molar-refractivity contribution in [1.29, 1.82) is 0 Å². The predicted octanol–water partition coefficient (Wildman–Crippen LogP) is 4.33. The standard InChI is InChI=1S/C19H15F3N6OS/c1-11-5-7-12(8-6-11)17-25-26-18(28(17)23)30-10-15-24-16(27-29-15)13-3-2-4-14(9-13)19(20,21)22/h2-9H,10,23H2,1H3. The summed E-state index contributed by atoms with van der Waals surface area (Å²) in [6.07, 6.45) is -4.45. The number of halogens is 3. The number of nitrogens with zero attached hydrogens (tertiary/aromatic N) is 5. The Balaban J connectivity index is 1.47. The minimum atomic E-state index is -4.45. The molecule has 0 saturated carbocycles. The van der Waals surface area contributed by atoms with Gasteiger partial charge < -0.3 is 10.4 Å². The number of thioether (sulfide) groups is 1. The number of nitrogen functional groups attached to an aromatic ring is 1. The molecular weight excluding hydrogens is 417 g/mol. The van der Waals surface area contributed by atoms with Crippen LogP contribution in [0.25, 0.3) is 22.8 Å². The zero-order chi connectivity index (χ0) is 21.3. The van der Waals surface area contributed by atoms with E-state index in [2.05, 4.69) is 20.3 Å². The summed E-state index contributed by atoms with van der Waals surface area (Å²) >= 11 is 1.22. The van der Waals surface area contributed by atoms with Gasteiger partial charge in [-0.25, -0.2) is 4.68 Å². The van der Waals surface area contributed by atoms with Crippen LogP contribution in [0.3, 0.4) is 0 Å². The molecule has 0 radical (unpaired) electrons. The van der Waals surface area contributed by atoms with Crippen molar-refractivity contribution in [3.05, 3.63) is 65.5 Å². The summed E-state index contributed by atoms with van der Waals surface area (Å²) in [6, 6.07) is 12.4. The Morgan fingerprint density at radius 2 is 1.83 bits per heavy atom. The normalized spacial score (nSPS) is 11.7. The average Bonchev–Trinajstić information content (AvgIpc) is 3.33. The van der Waals surface area contributed by atoms with Crippen molar-refractivity contribution in [2.24, 2.45) is 0 Å². The summed E-state index contributed by atoms with van der Waals surface area (Å²) in [4.78, 5) is 4.16. The molecule has 4 aromatic rings. The van der Waals surface area contributed by atoms with Gasteiger partial charge in [0, 0.05) is 11.1 Å². The molecule has 2 heterocycles. The van der Waals surface area contributed by atoms with E-state index >= 15 is 0 Å². The van der Waals surface area contributed by atoms with Gasteiger partial charge in [-0.15, -0.1) is 10.2 Å². The number of hydrogen-bond acceptors (Lipinski definition) is 7. The van der Waals surface area contributed by atoms with Crippen LogP contribution < -0.4 is 5.84 Å². The highest BCUT2D eigenvalue weighted by Gasteiger charge is 2.30. The lowest BCUT2D eigenvalue weighted by molar-refractivity contribution is -0.137. The fourth-order valence-electron chi connectivity index (χ4n) is 2.67. The number of nitrogens with two attached hydrogens (primary N) is 1. The van der Waals surface area contributed by atoms with E-state index in [0.29, 0.717) is 11.0 Å². The van der Waals surface area contributed by atoms with E-state index in [0.717, 1.165) is 23.3 Å². The number of benzene rings is 2. The van der Waals surface area contributed by atoms with Gasteiger partial charge in [-0.3, -0.25) is 0 Å². The minimum absolute atomic E-state index is 0.0752. The first-order valence-electron chi connectivity index (χ1n) is 8.72. The SMILES string of the molecule is Cc1ccc(-c2nnc(SCc3nc(-c4cccc(C(F)(F)F)c4)no3)n2N)cc1. The molecule has 30 heavy (non-hydrogen) atoms. The third-order valence-electron chi connectivity index (χ3n) is 4.22. The van der Waals surface area contributed by atoms with Gasteiger partial charge in [0.25, 0.3) is 0 Å². The summed E-state index contributed by atoms with van der Waals surface area (Å²) in [5, 5.41) is 12.4. The molecule has 0 unspecified atom stereocenters. The molecule has 2 aromatic carbocycles. The van der Waals surface area contributed by atoms with E-state index in [1.54, 1.807) is 0 Å². The molecule has 7 nitrogen and oxygen atoms in total. The highest BCUT2D eigenvalue weighted by Crippen LogP contribution is 2.32. The van der Waals surface area contributed by atoms with Crippen LogP contribution in [0.1, 0.15) is 17.0 Å². The van der Waals surface area contributed by atoms with Crippen molar-refractivity contribution in [2.45, 2.75) is 24.0 Å². The van der Waals surface area contributed by atoms with Gasteiger partial charge in [0.15, 0.2) is 5.82 Å². The van der Waals surface area contributed by atoms with Crippen LogP contribution in [0.4, 0.5) is 13.2 Å². The van der Waals surface area contributed by atoms with Crippen molar-refractivity contribution in [2.75, 3.05) is 5.84 Å². The van der Waals surface area contributed by atoms with Gasteiger partial charge >= 0.3 is 6.18 Å². The molecule has 2 aromatic heterocycles. The highest BCUT2D eigenvalue weighted by atomic mass is 32.2. The van der Waals surface area contributed by atoms with Crippen molar-refractivity contribution in [3.8, 4) is 22.8 Å². The molecule has 0 fully saturated rings. The molecule has 0 aliphatic heterocycles. The van der Waals surface area contributed by atoms with Crippen LogP contribution in [0.15, 0.2) is 58.2 Å². The lowest BCUT2D eigenvalue weighted by Gasteiger charge is -2.06. The predicted molar refractivity (Wildman–Crippen MR) is 105 cm³/mol. The molecule has 0 saturated heterocycles. The number of hydrogen-bond donors (Lipinski definition) is 1. The van der Waals surface area contributed by atoms with Crippen molar-refractivity contribution < 1.29 is 17.7 Å². The lowest BCUT2D eigenvalue weighted by Crippen LogP contribution is -2.11. The molecule has 154 valence electrons. The Kier molecular flexibility index (Phi) is 5.20. The molecule has 2 N–H and O–H groups in total. The third-order valence-corrected chi connectivity index (χ3v) is 5.14. The molecule has 0 bridgehead atoms. The van der Waals surface area contributed by atoms with Crippen LogP contribution in [0, 0.1) is 6.92 Å². The van der Waals surface area contributed by atoms with E-state index in [9.17, 15) is 13.2 Å². The van der Waals surface area contributed by atoms with Gasteiger partial charge in [0.2, 0.25) is 16.9 Å². The summed E-state index contributed by atoms with van der Waals surface area (Å²) < 4.78 is 45.2. The summed E-state index contributed by atoms with van der Waals surface area (Å²) in [6.45, 7) is 1.98. The Morgan fingerprint density at radius 3 is 2.57 bits per heavy atom. The van der Waals surface area contributed by atoms with E-state index < -0.39 is 11.7 Å². The number of aromatic nitrogens is 5. The Bertz CT molecular complexity index is 1170. The zero-order valence-electron chi connectivity index (χ0n) is 15.6. The number of rotatable bonds is 5. The minimum Gasteiger partial charge on any atom is -0.338 e. The summed E-state index contributed by atoms with van der Waals surface area (Å²) in [7, 11) is 0. The van der Waals surface area contributed by atoms with Crippen molar-refractivity contribution in [1.82, 2.24) is 25.0 Å². The van der Waals surface area contributed by atoms with Gasteiger partial charge in [-0.2, -0.15) is 18.2 Å². The maximum absolute atomic E-state index is 12.9. The van der Waals surface area contributed by atoms with Gasteiger partial charge in [0.1, 0.15) is 0 Å². The fourth-order valence-corrected chi connectivity index (χ4v) is 3.36. The van der Waals surface area contributed by atoms with Gasteiger partial charge in [0.05, 0.1) is 11.3 Å². The van der Waals surface area contributed by atoms with Crippen LogP contribution in [0.2, 0.25) is 0 Å². The average molecular weight is 432 g/mol. The van der Waals surface area contributed by atoms with Crippen molar-refractivity contribution in [3.63, 3.8) is 0 Å². The fraction of sp³-hybridized carbons (Fsp3) is 0.158. The molecular formula is C19H15F3N6OS. The molecule has 0 aliphatic rings. The quantitative estimate of drug-likeness (QED) is 0.370. The molecule has 11 heteroatoms. The third kappa shape index (κ3) is 4.15. The zero-order valence-corrected chi connectivity index (χ0v) is 16.4. The smallest absolute Gasteiger partial charge is 0.338 e. The second-order valence-corrected chi connectivity index (χ2v) is 7.36. The first-order valence-corrected chi connectivity index (χ1v) is 9.70. The Labute approximate surface area is 173 Å². The monoisotopic (exact) mass is 432 g/mol. The second-order valence-electron chi connectivity index (χ2n) is 6.42. The topological polar surface area (TPSA) is 95.6 Å². The number of aryl methyl sites for hydroxylation is 1. The largest absolute Gasteiger partial charge is 0.416 e. The first kappa shape index (κ1) is 20.0. The molecule has 0 atom stereocenters. The maximum atomic E-state index is 12.9. The van der Waals surface area contributed by atoms with Crippen LogP contribution >= 0.6 is 11.8 Å². The van der Waals surface area contributed by atoms with Crippen LogP contribution in [-0.2, 0) is 11.9 Å². The summed E-state index contributed by atoms with van der Waals surface area (Å²) in [5.74, 6) is 7.13. The number of alkyl halides is 3. The Hall–Kier alpha value is -3.34. The van der Waals surface area contributed by atoms with Crippen LogP contribution in [-0.4, -0.2) is 25.0 Å². The van der Waals surface area contributed by atoms with E-state index in [1.165, 1.54) is 28.6 Å². The molecule has 4 rings (SSSR count). The van der Waals surface area contributed by atoms with Gasteiger partial charge in [-0.05, 0) is 19.1 Å². The molecule has 0 spiro atoms. The first-order chi connectivity index (χ1) is 14.3. The second kappa shape index (κ2) is 7.82. The van der Waals surface area contributed by atoms with Gasteiger partial charge in [-0.1, -0.05) is 58.9 Å². The Morgan fingerprint density at radius 1 is 1.07 bits per heavy atom.